The molecule has 1 aromatic heterocycles. The van der Waals surface area contributed by atoms with Crippen LogP contribution in [-0.2, 0) is 16.9 Å². The van der Waals surface area contributed by atoms with E-state index in [2.05, 4.69) is 25.6 Å². The van der Waals surface area contributed by atoms with Crippen molar-refractivity contribution in [3.63, 3.8) is 0 Å². The molecule has 0 spiro atoms. The van der Waals surface area contributed by atoms with Gasteiger partial charge in [-0.05, 0) is 26.0 Å². The minimum atomic E-state index is -3.00. The summed E-state index contributed by atoms with van der Waals surface area (Å²) in [5.41, 5.74) is 0.769. The van der Waals surface area contributed by atoms with E-state index in [4.69, 9.17) is 0 Å². The first-order chi connectivity index (χ1) is 12.3. The lowest BCUT2D eigenvalue weighted by molar-refractivity contribution is -0.105. The molecule has 2 heterocycles. The summed E-state index contributed by atoms with van der Waals surface area (Å²) in [6.45, 7) is 0.809. The number of amides is 3. The molecule has 0 unspecified atom stereocenters. The summed E-state index contributed by atoms with van der Waals surface area (Å²) in [6, 6.07) is 5.44. The number of nitrogens with one attached hydrogen (secondary N) is 3. The van der Waals surface area contributed by atoms with Gasteiger partial charge in [-0.25, -0.2) is 4.79 Å². The minimum Gasteiger partial charge on any atom is -0.433 e. The fourth-order valence-corrected chi connectivity index (χ4v) is 2.97. The largest absolute Gasteiger partial charge is 0.433 e. The van der Waals surface area contributed by atoms with Gasteiger partial charge in [0, 0.05) is 5.56 Å². The molecule has 3 rings (SSSR count). The molecule has 1 aliphatic heterocycles. The van der Waals surface area contributed by atoms with Crippen molar-refractivity contribution in [1.82, 2.24) is 15.1 Å². The Labute approximate surface area is 147 Å². The topological polar surface area (TPSA) is 99.4 Å². The molecule has 138 valence electrons. The average Bonchev–Trinajstić information content (AvgIpc) is 3.08. The van der Waals surface area contributed by atoms with Gasteiger partial charge in [0.05, 0.1) is 23.5 Å². The lowest BCUT2D eigenvalue weighted by Gasteiger charge is -2.32. The third-order valence-electron chi connectivity index (χ3n) is 4.26. The number of fused-ring (bicyclic) bond motifs is 1. The summed E-state index contributed by atoms with van der Waals surface area (Å²) >= 11 is 0. The number of H-pyrrole nitrogens is 1. The van der Waals surface area contributed by atoms with Gasteiger partial charge in [0.1, 0.15) is 5.75 Å². The van der Waals surface area contributed by atoms with Gasteiger partial charge in [-0.3, -0.25) is 9.89 Å². The lowest BCUT2D eigenvalue weighted by Crippen LogP contribution is -2.43. The Balaban J connectivity index is 1.82. The van der Waals surface area contributed by atoms with Crippen LogP contribution >= 0.6 is 0 Å². The smallest absolute Gasteiger partial charge is 0.387 e. The van der Waals surface area contributed by atoms with E-state index in [-0.39, 0.29) is 18.0 Å². The number of anilines is 2. The zero-order chi connectivity index (χ0) is 18.9. The number of benzene rings is 1. The molecule has 1 aliphatic rings. The maximum absolute atomic E-state index is 12.8. The predicted molar refractivity (Wildman–Crippen MR) is 88.9 cm³/mol. The normalized spacial score (nSPS) is 14.9. The molecule has 2 aromatic rings. The number of rotatable bonds is 5. The van der Waals surface area contributed by atoms with Gasteiger partial charge in [-0.2, -0.15) is 13.9 Å². The number of aromatic amines is 1. The van der Waals surface area contributed by atoms with E-state index < -0.39 is 18.2 Å². The van der Waals surface area contributed by atoms with Crippen LogP contribution in [-0.4, -0.2) is 34.1 Å². The number of halogens is 2. The molecule has 8 nitrogen and oxygen atoms in total. The van der Waals surface area contributed by atoms with E-state index in [1.807, 2.05) is 13.8 Å². The number of carbonyl (C=O) groups excluding carboxylic acids is 2. The summed E-state index contributed by atoms with van der Waals surface area (Å²) in [5, 5.41) is 11.9. The number of aromatic nitrogens is 2. The number of hydrogen-bond acceptors (Lipinski definition) is 4. The molecular weight excluding hydrogens is 348 g/mol. The molecule has 10 heteroatoms. The maximum Gasteiger partial charge on any atom is 0.387 e. The zero-order valence-corrected chi connectivity index (χ0v) is 14.0. The van der Waals surface area contributed by atoms with Crippen molar-refractivity contribution in [2.75, 3.05) is 10.6 Å². The van der Waals surface area contributed by atoms with Crippen molar-refractivity contribution in [3.8, 4) is 5.75 Å². The first kappa shape index (κ1) is 17.6. The van der Waals surface area contributed by atoms with Gasteiger partial charge in [0.2, 0.25) is 6.41 Å². The zero-order valence-electron chi connectivity index (χ0n) is 14.0. The van der Waals surface area contributed by atoms with Gasteiger partial charge in [-0.1, -0.05) is 12.1 Å². The fraction of sp³-hybridized carbons (Fsp3) is 0.312. The molecular formula is C16H17F2N5O3. The van der Waals surface area contributed by atoms with Gasteiger partial charge >= 0.3 is 12.6 Å². The van der Waals surface area contributed by atoms with Crippen molar-refractivity contribution in [2.24, 2.45) is 0 Å². The van der Waals surface area contributed by atoms with Crippen LogP contribution < -0.4 is 15.4 Å². The lowest BCUT2D eigenvalue weighted by atomic mass is 10.0. The van der Waals surface area contributed by atoms with E-state index in [0.29, 0.717) is 23.5 Å². The van der Waals surface area contributed by atoms with Crippen LogP contribution in [0.3, 0.4) is 0 Å². The van der Waals surface area contributed by atoms with Crippen LogP contribution in [0.1, 0.15) is 25.1 Å². The Morgan fingerprint density at radius 2 is 2.15 bits per heavy atom. The van der Waals surface area contributed by atoms with E-state index in [1.54, 1.807) is 6.07 Å². The highest BCUT2D eigenvalue weighted by molar-refractivity contribution is 5.92. The second-order valence-corrected chi connectivity index (χ2v) is 6.14. The van der Waals surface area contributed by atoms with Crippen LogP contribution in [0.2, 0.25) is 0 Å². The second-order valence-electron chi connectivity index (χ2n) is 6.14. The van der Waals surface area contributed by atoms with Crippen molar-refractivity contribution in [1.29, 1.82) is 0 Å². The van der Waals surface area contributed by atoms with Crippen molar-refractivity contribution in [3.05, 3.63) is 35.5 Å². The molecule has 0 radical (unpaired) electrons. The number of urea groups is 1. The van der Waals surface area contributed by atoms with Gasteiger partial charge in [0.15, 0.2) is 5.82 Å². The van der Waals surface area contributed by atoms with Crippen molar-refractivity contribution >= 4 is 23.9 Å². The third-order valence-corrected chi connectivity index (χ3v) is 4.26. The molecule has 3 N–H and O–H groups in total. The Morgan fingerprint density at radius 1 is 1.42 bits per heavy atom. The SMILES string of the molecule is CC1(C)c2[nH]nc(NC=O)c2CN1C(=O)Nc1ccccc1OC(F)F. The molecule has 0 fully saturated rings. The molecule has 0 saturated heterocycles. The highest BCUT2D eigenvalue weighted by atomic mass is 19.3. The van der Waals surface area contributed by atoms with Crippen LogP contribution in [0.4, 0.5) is 25.1 Å². The van der Waals surface area contributed by atoms with Crippen LogP contribution in [0, 0.1) is 0 Å². The van der Waals surface area contributed by atoms with Gasteiger partial charge in [-0.15, -0.1) is 0 Å². The summed E-state index contributed by atoms with van der Waals surface area (Å²) < 4.78 is 29.5. The summed E-state index contributed by atoms with van der Waals surface area (Å²) in [7, 11) is 0. The van der Waals surface area contributed by atoms with E-state index >= 15 is 0 Å². The molecule has 26 heavy (non-hydrogen) atoms. The highest BCUT2D eigenvalue weighted by Crippen LogP contribution is 2.41. The number of para-hydroxylation sites is 2. The second kappa shape index (κ2) is 6.62. The van der Waals surface area contributed by atoms with Crippen LogP contribution in [0.15, 0.2) is 24.3 Å². The van der Waals surface area contributed by atoms with Crippen LogP contribution in [0.25, 0.3) is 0 Å². The number of ether oxygens (including phenoxy) is 1. The molecule has 0 atom stereocenters. The van der Waals surface area contributed by atoms with E-state index in [1.165, 1.54) is 23.1 Å². The molecule has 0 aliphatic carbocycles. The first-order valence-corrected chi connectivity index (χ1v) is 7.75. The Hall–Kier alpha value is -3.17. The molecule has 1 aromatic carbocycles. The highest BCUT2D eigenvalue weighted by Gasteiger charge is 2.43. The Morgan fingerprint density at radius 3 is 2.85 bits per heavy atom. The quantitative estimate of drug-likeness (QED) is 0.710. The first-order valence-electron chi connectivity index (χ1n) is 7.75. The Kier molecular flexibility index (Phi) is 4.49. The van der Waals surface area contributed by atoms with Gasteiger partial charge < -0.3 is 20.3 Å². The summed E-state index contributed by atoms with van der Waals surface area (Å²) in [4.78, 5) is 24.9. The monoisotopic (exact) mass is 365 g/mol. The predicted octanol–water partition coefficient (Wildman–Crippen LogP) is 2.86. The fourth-order valence-electron chi connectivity index (χ4n) is 2.97. The number of hydrogen-bond donors (Lipinski definition) is 3. The summed E-state index contributed by atoms with van der Waals surface area (Å²) in [5.74, 6) is 0.219. The van der Waals surface area contributed by atoms with Crippen LogP contribution in [0.5, 0.6) is 5.75 Å². The maximum atomic E-state index is 12.8. The van der Waals surface area contributed by atoms with E-state index in [9.17, 15) is 18.4 Å². The standard InChI is InChI=1S/C16H17F2N5O3/c1-16(2)12-9(13(19-8-24)22-21-12)7-23(16)15(25)20-10-5-3-4-6-11(10)26-14(17)18/h3-6,8,14H,7H2,1-2H3,(H,20,25)(H2,19,21,22,24). The Bertz CT molecular complexity index is 837. The molecule has 0 bridgehead atoms. The molecule has 0 saturated carbocycles. The molecule has 3 amide bonds. The summed E-state index contributed by atoms with van der Waals surface area (Å²) in [6.07, 6.45) is 0.504. The number of alkyl halides is 2. The third kappa shape index (κ3) is 3.05. The van der Waals surface area contributed by atoms with Crippen molar-refractivity contribution < 1.29 is 23.1 Å². The number of nitrogens with zero attached hydrogens (tertiary/aromatic N) is 2. The van der Waals surface area contributed by atoms with E-state index in [0.717, 1.165) is 0 Å². The minimum absolute atomic E-state index is 0.128. The van der Waals surface area contributed by atoms with Gasteiger partial charge in [0.25, 0.3) is 0 Å². The average molecular weight is 365 g/mol. The van der Waals surface area contributed by atoms with Crippen molar-refractivity contribution in [2.45, 2.75) is 32.5 Å². The number of carbonyl (C=O) groups is 2.